The molecule has 2 unspecified atom stereocenters. The molecule has 2 heterocycles. The normalized spacial score (nSPS) is 32.4. The Hall–Kier alpha value is -0.180. The summed E-state index contributed by atoms with van der Waals surface area (Å²) < 4.78 is 49.1. The number of hydrogen-bond acceptors (Lipinski definition) is 5. The van der Waals surface area contributed by atoms with Gasteiger partial charge in [-0.25, -0.2) is 21.6 Å². The molecule has 2 aliphatic rings. The average molecular weight is 296 g/mol. The van der Waals surface area contributed by atoms with Crippen LogP contribution in [0.1, 0.15) is 25.7 Å². The molecule has 2 saturated heterocycles. The zero-order valence-electron chi connectivity index (χ0n) is 10.3. The Bertz CT molecular complexity index is 480. The summed E-state index contributed by atoms with van der Waals surface area (Å²) in [6.07, 6.45) is 3.42. The standard InChI is InChI=1S/C10H20N2O4S2/c13-17(14)6-4-10(8-17)18(15,16)12-7-9-3-1-2-5-11-9/h9-12H,1-8H2. The molecule has 2 atom stereocenters. The molecule has 18 heavy (non-hydrogen) atoms. The number of sulfone groups is 1. The molecule has 0 amide bonds. The van der Waals surface area contributed by atoms with Gasteiger partial charge in [-0.15, -0.1) is 0 Å². The van der Waals surface area contributed by atoms with Crippen molar-refractivity contribution < 1.29 is 16.8 Å². The lowest BCUT2D eigenvalue weighted by Gasteiger charge is -2.24. The van der Waals surface area contributed by atoms with Gasteiger partial charge in [0.15, 0.2) is 9.84 Å². The van der Waals surface area contributed by atoms with Crippen LogP contribution in [0, 0.1) is 0 Å². The maximum absolute atomic E-state index is 12.0. The molecule has 2 aliphatic heterocycles. The minimum Gasteiger partial charge on any atom is -0.313 e. The largest absolute Gasteiger partial charge is 0.313 e. The van der Waals surface area contributed by atoms with E-state index < -0.39 is 25.1 Å². The first kappa shape index (κ1) is 14.2. The second kappa shape index (κ2) is 5.44. The predicted octanol–water partition coefficient (Wildman–Crippen LogP) is -0.765. The van der Waals surface area contributed by atoms with Crippen LogP contribution in [0.15, 0.2) is 0 Å². The van der Waals surface area contributed by atoms with E-state index >= 15 is 0 Å². The molecule has 0 saturated carbocycles. The van der Waals surface area contributed by atoms with Crippen molar-refractivity contribution in [3.05, 3.63) is 0 Å². The van der Waals surface area contributed by atoms with Gasteiger partial charge in [0.2, 0.25) is 10.0 Å². The van der Waals surface area contributed by atoms with Crippen molar-refractivity contribution in [2.45, 2.75) is 37.0 Å². The third kappa shape index (κ3) is 3.66. The highest BCUT2D eigenvalue weighted by Gasteiger charge is 2.37. The average Bonchev–Trinajstić information content (AvgIpc) is 2.69. The van der Waals surface area contributed by atoms with Crippen LogP contribution in [0.2, 0.25) is 0 Å². The van der Waals surface area contributed by atoms with Crippen LogP contribution in [0.4, 0.5) is 0 Å². The smallest absolute Gasteiger partial charge is 0.215 e. The van der Waals surface area contributed by atoms with Crippen molar-refractivity contribution >= 4 is 19.9 Å². The van der Waals surface area contributed by atoms with Gasteiger partial charge in [0.05, 0.1) is 16.8 Å². The second-order valence-corrected chi connectivity index (χ2v) is 9.34. The van der Waals surface area contributed by atoms with Gasteiger partial charge in [0.25, 0.3) is 0 Å². The molecule has 0 aliphatic carbocycles. The van der Waals surface area contributed by atoms with Gasteiger partial charge in [-0.3, -0.25) is 0 Å². The van der Waals surface area contributed by atoms with Crippen molar-refractivity contribution in [1.82, 2.24) is 10.0 Å². The molecule has 0 aromatic rings. The predicted molar refractivity (Wildman–Crippen MR) is 69.6 cm³/mol. The molecular formula is C10H20N2O4S2. The summed E-state index contributed by atoms with van der Waals surface area (Å²) in [7, 11) is -6.66. The van der Waals surface area contributed by atoms with E-state index in [4.69, 9.17) is 0 Å². The summed E-state index contributed by atoms with van der Waals surface area (Å²) in [6.45, 7) is 1.28. The summed E-state index contributed by atoms with van der Waals surface area (Å²) in [4.78, 5) is 0. The molecule has 0 radical (unpaired) electrons. The van der Waals surface area contributed by atoms with E-state index in [1.165, 1.54) is 0 Å². The van der Waals surface area contributed by atoms with Gasteiger partial charge in [-0.05, 0) is 25.8 Å². The summed E-state index contributed by atoms with van der Waals surface area (Å²) in [5, 5.41) is 2.48. The molecule has 0 spiro atoms. The van der Waals surface area contributed by atoms with Crippen LogP contribution < -0.4 is 10.0 Å². The summed E-state index contributed by atoms with van der Waals surface area (Å²) in [6, 6.07) is 0.173. The van der Waals surface area contributed by atoms with Crippen LogP contribution in [0.5, 0.6) is 0 Å². The number of piperidine rings is 1. The second-order valence-electron chi connectivity index (χ2n) is 5.07. The van der Waals surface area contributed by atoms with Gasteiger partial charge < -0.3 is 5.32 Å². The molecule has 0 aromatic carbocycles. The molecule has 2 fully saturated rings. The van der Waals surface area contributed by atoms with Gasteiger partial charge in [-0.1, -0.05) is 6.42 Å². The first-order chi connectivity index (χ1) is 8.39. The Balaban J connectivity index is 1.87. The van der Waals surface area contributed by atoms with Crippen LogP contribution in [-0.4, -0.2) is 52.7 Å². The first-order valence-corrected chi connectivity index (χ1v) is 9.68. The highest BCUT2D eigenvalue weighted by Crippen LogP contribution is 2.18. The number of hydrogen-bond donors (Lipinski definition) is 2. The van der Waals surface area contributed by atoms with E-state index in [0.717, 1.165) is 25.8 Å². The van der Waals surface area contributed by atoms with E-state index in [1.807, 2.05) is 0 Å². The van der Waals surface area contributed by atoms with Crippen molar-refractivity contribution in [2.75, 3.05) is 24.6 Å². The number of sulfonamides is 1. The fraction of sp³-hybridized carbons (Fsp3) is 1.00. The highest BCUT2D eigenvalue weighted by atomic mass is 32.2. The molecule has 2 N–H and O–H groups in total. The lowest BCUT2D eigenvalue weighted by molar-refractivity contribution is 0.397. The van der Waals surface area contributed by atoms with Gasteiger partial charge in [0.1, 0.15) is 0 Å². The SMILES string of the molecule is O=S1(=O)CCC(S(=O)(=O)NCC2CCCCN2)C1. The quantitative estimate of drug-likeness (QED) is 0.711. The Morgan fingerprint density at radius 1 is 1.22 bits per heavy atom. The van der Waals surface area contributed by atoms with Gasteiger partial charge >= 0.3 is 0 Å². The topological polar surface area (TPSA) is 92.3 Å². The fourth-order valence-corrected chi connectivity index (χ4v) is 6.57. The van der Waals surface area contributed by atoms with Crippen molar-refractivity contribution in [3.8, 4) is 0 Å². The Morgan fingerprint density at radius 2 is 2.00 bits per heavy atom. The van der Waals surface area contributed by atoms with Gasteiger partial charge in [0, 0.05) is 12.6 Å². The monoisotopic (exact) mass is 296 g/mol. The molecule has 106 valence electrons. The van der Waals surface area contributed by atoms with Crippen molar-refractivity contribution in [3.63, 3.8) is 0 Å². The lowest BCUT2D eigenvalue weighted by Crippen LogP contribution is -2.45. The Kier molecular flexibility index (Phi) is 4.30. The fourth-order valence-electron chi connectivity index (χ4n) is 2.44. The molecule has 8 heteroatoms. The Labute approximate surface area is 108 Å². The third-order valence-corrected chi connectivity index (χ3v) is 7.40. The van der Waals surface area contributed by atoms with Gasteiger partial charge in [-0.2, -0.15) is 0 Å². The maximum Gasteiger partial charge on any atom is 0.215 e. The van der Waals surface area contributed by atoms with Crippen LogP contribution >= 0.6 is 0 Å². The summed E-state index contributed by atoms with van der Waals surface area (Å²) in [5.74, 6) is -0.249. The van der Waals surface area contributed by atoms with Crippen LogP contribution in [0.25, 0.3) is 0 Å². The maximum atomic E-state index is 12.0. The highest BCUT2D eigenvalue weighted by molar-refractivity contribution is 7.95. The third-order valence-electron chi connectivity index (χ3n) is 3.57. The molecule has 0 aromatic heterocycles. The zero-order chi connectivity index (χ0) is 13.2. The van der Waals surface area contributed by atoms with Crippen molar-refractivity contribution in [2.24, 2.45) is 0 Å². The lowest BCUT2D eigenvalue weighted by atomic mass is 10.1. The van der Waals surface area contributed by atoms with Crippen LogP contribution in [-0.2, 0) is 19.9 Å². The van der Waals surface area contributed by atoms with Crippen molar-refractivity contribution in [1.29, 1.82) is 0 Å². The Morgan fingerprint density at radius 3 is 2.56 bits per heavy atom. The molecular weight excluding hydrogens is 276 g/mol. The van der Waals surface area contributed by atoms with E-state index in [0.29, 0.717) is 6.54 Å². The minimum absolute atomic E-state index is 0.0136. The van der Waals surface area contributed by atoms with Crippen LogP contribution in [0.3, 0.4) is 0 Å². The molecule has 0 bridgehead atoms. The van der Waals surface area contributed by atoms with E-state index in [9.17, 15) is 16.8 Å². The number of nitrogens with one attached hydrogen (secondary N) is 2. The molecule has 2 rings (SSSR count). The van der Waals surface area contributed by atoms with E-state index in [1.54, 1.807) is 0 Å². The first-order valence-electron chi connectivity index (χ1n) is 6.31. The number of rotatable bonds is 4. The summed E-state index contributed by atoms with van der Waals surface area (Å²) >= 11 is 0. The summed E-state index contributed by atoms with van der Waals surface area (Å²) in [5.41, 5.74) is 0. The van der Waals surface area contributed by atoms with E-state index in [-0.39, 0.29) is 24.0 Å². The van der Waals surface area contributed by atoms with E-state index in [2.05, 4.69) is 10.0 Å². The zero-order valence-corrected chi connectivity index (χ0v) is 11.9. The minimum atomic E-state index is -3.50. The molecule has 6 nitrogen and oxygen atoms in total.